The Labute approximate surface area is 132 Å². The van der Waals surface area contributed by atoms with Crippen LogP contribution in [0.15, 0.2) is 18.2 Å². The lowest BCUT2D eigenvalue weighted by atomic mass is 9.97. The average molecular weight is 324 g/mol. The first kappa shape index (κ1) is 15.8. The van der Waals surface area contributed by atoms with Gasteiger partial charge in [-0.1, -0.05) is 26.0 Å². The molecule has 1 aromatic carbocycles. The van der Waals surface area contributed by atoms with E-state index in [0.29, 0.717) is 11.6 Å². The summed E-state index contributed by atoms with van der Waals surface area (Å²) in [5, 5.41) is 6.37. The molecule has 0 spiro atoms. The van der Waals surface area contributed by atoms with Crippen molar-refractivity contribution < 1.29 is 13.2 Å². The Morgan fingerprint density at radius 1 is 1.26 bits per heavy atom. The van der Waals surface area contributed by atoms with Crippen molar-refractivity contribution >= 4 is 5.95 Å². The van der Waals surface area contributed by atoms with Crippen LogP contribution < -0.4 is 5.32 Å². The summed E-state index contributed by atoms with van der Waals surface area (Å²) in [6.45, 7) is 4.05. The second-order valence-corrected chi connectivity index (χ2v) is 6.17. The molecular formula is C16H19F3N4. The molecule has 1 saturated carbocycles. The van der Waals surface area contributed by atoms with Gasteiger partial charge in [0.2, 0.25) is 5.95 Å². The van der Waals surface area contributed by atoms with Gasteiger partial charge in [0.15, 0.2) is 0 Å². The quantitative estimate of drug-likeness (QED) is 0.910. The molecule has 1 aliphatic rings. The summed E-state index contributed by atoms with van der Waals surface area (Å²) in [5.41, 5.74) is 2.86. The van der Waals surface area contributed by atoms with Crippen LogP contribution in [-0.4, -0.2) is 21.8 Å². The van der Waals surface area contributed by atoms with Crippen molar-refractivity contribution in [3.8, 4) is 5.69 Å². The number of hydrogen-bond donors (Lipinski definition) is 1. The minimum absolute atomic E-state index is 0.0818. The number of hydrogen-bond acceptors (Lipinski definition) is 3. The molecule has 1 aromatic heterocycles. The van der Waals surface area contributed by atoms with E-state index in [4.69, 9.17) is 0 Å². The van der Waals surface area contributed by atoms with Crippen LogP contribution in [0.25, 0.3) is 5.69 Å². The minimum atomic E-state index is -4.57. The number of nitrogens with zero attached hydrogens (tertiary/aromatic N) is 3. The molecule has 3 rings (SSSR count). The molecule has 0 bridgehead atoms. The van der Waals surface area contributed by atoms with Gasteiger partial charge in [-0.3, -0.25) is 0 Å². The lowest BCUT2D eigenvalue weighted by Gasteiger charge is -2.15. The summed E-state index contributed by atoms with van der Waals surface area (Å²) < 4.78 is 40.0. The van der Waals surface area contributed by atoms with E-state index in [9.17, 15) is 13.2 Å². The highest BCUT2D eigenvalue weighted by atomic mass is 19.4. The van der Waals surface area contributed by atoms with Gasteiger partial charge in [0.05, 0.1) is 5.69 Å². The maximum absolute atomic E-state index is 12.9. The van der Waals surface area contributed by atoms with Gasteiger partial charge in [0.25, 0.3) is 5.82 Å². The summed E-state index contributed by atoms with van der Waals surface area (Å²) in [7, 11) is 1.54. The third-order valence-electron chi connectivity index (χ3n) is 4.03. The third-order valence-corrected chi connectivity index (χ3v) is 4.03. The molecule has 124 valence electrons. The van der Waals surface area contributed by atoms with E-state index in [0.717, 1.165) is 5.56 Å². The first-order valence-corrected chi connectivity index (χ1v) is 7.67. The van der Waals surface area contributed by atoms with Crippen molar-refractivity contribution in [1.82, 2.24) is 14.8 Å². The molecule has 0 unspecified atom stereocenters. The van der Waals surface area contributed by atoms with Gasteiger partial charge in [0.1, 0.15) is 0 Å². The molecule has 7 heteroatoms. The number of anilines is 1. The lowest BCUT2D eigenvalue weighted by molar-refractivity contribution is -0.144. The maximum atomic E-state index is 12.9. The summed E-state index contributed by atoms with van der Waals surface area (Å²) in [6.07, 6.45) is -2.21. The molecule has 0 saturated heterocycles. The van der Waals surface area contributed by atoms with Crippen LogP contribution >= 0.6 is 0 Å². The summed E-state index contributed by atoms with van der Waals surface area (Å²) >= 11 is 0. The van der Waals surface area contributed by atoms with E-state index in [1.165, 1.54) is 30.1 Å². The van der Waals surface area contributed by atoms with Gasteiger partial charge < -0.3 is 5.32 Å². The van der Waals surface area contributed by atoms with Gasteiger partial charge in [0, 0.05) is 7.05 Å². The van der Waals surface area contributed by atoms with Crippen molar-refractivity contribution in [3.05, 3.63) is 35.2 Å². The minimum Gasteiger partial charge on any atom is -0.357 e. The van der Waals surface area contributed by atoms with E-state index in [-0.39, 0.29) is 11.9 Å². The Morgan fingerprint density at radius 2 is 1.96 bits per heavy atom. The molecule has 2 aromatic rings. The fraction of sp³-hybridized carbons (Fsp3) is 0.500. The Morgan fingerprint density at radius 3 is 2.48 bits per heavy atom. The zero-order chi connectivity index (χ0) is 16.8. The van der Waals surface area contributed by atoms with E-state index in [1.54, 1.807) is 0 Å². The van der Waals surface area contributed by atoms with Crippen molar-refractivity contribution in [1.29, 1.82) is 0 Å². The average Bonchev–Trinajstić information content (AvgIpc) is 3.24. The second-order valence-electron chi connectivity index (χ2n) is 6.17. The highest BCUT2D eigenvalue weighted by molar-refractivity contribution is 5.50. The van der Waals surface area contributed by atoms with E-state index >= 15 is 0 Å². The van der Waals surface area contributed by atoms with Gasteiger partial charge in [-0.05, 0) is 41.9 Å². The molecule has 1 N–H and O–H groups in total. The molecule has 1 heterocycles. The van der Waals surface area contributed by atoms with E-state index < -0.39 is 12.0 Å². The van der Waals surface area contributed by atoms with Crippen LogP contribution in [0, 0.1) is 0 Å². The molecule has 0 aliphatic heterocycles. The number of rotatable bonds is 4. The van der Waals surface area contributed by atoms with Crippen molar-refractivity contribution in [3.63, 3.8) is 0 Å². The smallest absolute Gasteiger partial charge is 0.357 e. The van der Waals surface area contributed by atoms with Gasteiger partial charge in [-0.25, -0.2) is 0 Å². The molecule has 0 radical (unpaired) electrons. The normalized spacial score (nSPS) is 15.3. The lowest BCUT2D eigenvalue weighted by Crippen LogP contribution is -2.10. The standard InChI is InChI=1S/C16H19F3N4/c1-9(2)12-8-11(10-4-5-10)6-7-13(12)23-15(20-3)21-14(22-23)16(17,18)19/h6-10H,4-5H2,1-3H3,(H,20,21,22). The Hall–Kier alpha value is -2.05. The Kier molecular flexibility index (Phi) is 3.82. The Bertz CT molecular complexity index is 715. The van der Waals surface area contributed by atoms with Crippen molar-refractivity contribution in [2.24, 2.45) is 0 Å². The number of aromatic nitrogens is 3. The van der Waals surface area contributed by atoms with Crippen LogP contribution in [0.2, 0.25) is 0 Å². The summed E-state index contributed by atoms with van der Waals surface area (Å²) in [4.78, 5) is 3.56. The fourth-order valence-corrected chi connectivity index (χ4v) is 2.66. The number of benzene rings is 1. The molecule has 0 atom stereocenters. The zero-order valence-electron chi connectivity index (χ0n) is 13.3. The van der Waals surface area contributed by atoms with Gasteiger partial charge in [-0.15, -0.1) is 5.10 Å². The maximum Gasteiger partial charge on any atom is 0.453 e. The van der Waals surface area contributed by atoms with Crippen LogP contribution in [0.1, 0.15) is 55.5 Å². The first-order valence-electron chi connectivity index (χ1n) is 7.67. The molecule has 4 nitrogen and oxygen atoms in total. The zero-order valence-corrected chi connectivity index (χ0v) is 13.3. The van der Waals surface area contributed by atoms with Gasteiger partial charge in [-0.2, -0.15) is 22.8 Å². The molecule has 1 fully saturated rings. The van der Waals surface area contributed by atoms with Gasteiger partial charge >= 0.3 is 6.18 Å². The number of nitrogens with one attached hydrogen (secondary N) is 1. The number of halogens is 3. The van der Waals surface area contributed by atoms with Crippen LogP contribution in [0.3, 0.4) is 0 Å². The summed E-state index contributed by atoms with van der Waals surface area (Å²) in [5.74, 6) is -0.292. The first-order chi connectivity index (χ1) is 10.8. The predicted molar refractivity (Wildman–Crippen MR) is 82.0 cm³/mol. The monoisotopic (exact) mass is 324 g/mol. The van der Waals surface area contributed by atoms with E-state index in [2.05, 4.69) is 21.5 Å². The second kappa shape index (κ2) is 5.54. The highest BCUT2D eigenvalue weighted by Gasteiger charge is 2.37. The molecule has 23 heavy (non-hydrogen) atoms. The molecule has 0 amide bonds. The van der Waals surface area contributed by atoms with Crippen LogP contribution in [0.5, 0.6) is 0 Å². The van der Waals surface area contributed by atoms with Crippen molar-refractivity contribution in [2.45, 2.75) is 44.7 Å². The SMILES string of the molecule is CNc1nc(C(F)(F)F)nn1-c1ccc(C2CC2)cc1C(C)C. The van der Waals surface area contributed by atoms with Crippen LogP contribution in [-0.2, 0) is 6.18 Å². The molecule has 1 aliphatic carbocycles. The fourth-order valence-electron chi connectivity index (χ4n) is 2.66. The largest absolute Gasteiger partial charge is 0.453 e. The topological polar surface area (TPSA) is 42.7 Å². The Balaban J connectivity index is 2.12. The summed E-state index contributed by atoms with van der Waals surface area (Å²) in [6, 6.07) is 5.91. The third kappa shape index (κ3) is 3.04. The molecular weight excluding hydrogens is 305 g/mol. The highest BCUT2D eigenvalue weighted by Crippen LogP contribution is 2.42. The van der Waals surface area contributed by atoms with E-state index in [1.807, 2.05) is 26.0 Å². The van der Waals surface area contributed by atoms with Crippen LogP contribution in [0.4, 0.5) is 19.1 Å². The number of alkyl halides is 3. The predicted octanol–water partition coefficient (Wildman–Crippen LogP) is 4.33. The van der Waals surface area contributed by atoms with Crippen molar-refractivity contribution in [2.75, 3.05) is 12.4 Å².